The molecule has 0 unspecified atom stereocenters. The Morgan fingerprint density at radius 2 is 1.84 bits per heavy atom. The van der Waals surface area contributed by atoms with Gasteiger partial charge in [0.05, 0.1) is 11.3 Å². The van der Waals surface area contributed by atoms with E-state index in [2.05, 4.69) is 20.8 Å². The van der Waals surface area contributed by atoms with Crippen molar-refractivity contribution in [2.24, 2.45) is 5.92 Å². The maximum Gasteiger partial charge on any atom is 0.325 e. The van der Waals surface area contributed by atoms with E-state index in [0.29, 0.717) is 28.8 Å². The fraction of sp³-hybridized carbons (Fsp3) is 0.304. The van der Waals surface area contributed by atoms with Crippen LogP contribution in [0.2, 0.25) is 0 Å². The van der Waals surface area contributed by atoms with Crippen LogP contribution in [0.3, 0.4) is 0 Å². The van der Waals surface area contributed by atoms with E-state index in [-0.39, 0.29) is 17.5 Å². The summed E-state index contributed by atoms with van der Waals surface area (Å²) in [5.41, 5.74) is 2.98. The van der Waals surface area contributed by atoms with Crippen molar-refractivity contribution in [2.75, 3.05) is 11.1 Å². The molecule has 0 saturated heterocycles. The number of rotatable bonds is 7. The zero-order valence-corrected chi connectivity index (χ0v) is 19.3. The lowest BCUT2D eigenvalue weighted by Gasteiger charge is -2.13. The molecule has 1 heterocycles. The number of carbonyl (C=O) groups excluding carboxylic acids is 2. The van der Waals surface area contributed by atoms with Gasteiger partial charge in [-0.3, -0.25) is 10.1 Å². The van der Waals surface area contributed by atoms with Gasteiger partial charge in [0.2, 0.25) is 5.91 Å². The maximum atomic E-state index is 14.3. The number of nitrogens with one attached hydrogen (secondary N) is 2. The number of aromatic nitrogens is 3. The van der Waals surface area contributed by atoms with E-state index in [0.717, 1.165) is 22.9 Å². The number of halogens is 1. The molecule has 0 aliphatic heterocycles. The van der Waals surface area contributed by atoms with Gasteiger partial charge in [-0.1, -0.05) is 49.9 Å². The second-order valence-corrected chi connectivity index (χ2v) is 8.77. The second kappa shape index (κ2) is 10.4. The number of hydrogen-bond donors (Lipinski definition) is 2. The summed E-state index contributed by atoms with van der Waals surface area (Å²) < 4.78 is 16.1. The van der Waals surface area contributed by atoms with E-state index in [1.54, 1.807) is 28.8 Å². The molecule has 2 aromatic carbocycles. The molecule has 0 saturated carbocycles. The standard InChI is InChI=1S/C23H26FN5O2S/c1-14(2)12-29-21(17-9-5-6-10-18(17)24)27-28-23(29)32-13-20(30)26-22(31)25-19-11-7-8-15(3)16(19)4/h5-11,14H,12-13H2,1-4H3,(H2,25,26,30,31). The van der Waals surface area contributed by atoms with Gasteiger partial charge in [-0.05, 0) is 49.1 Å². The molecule has 1 aromatic heterocycles. The summed E-state index contributed by atoms with van der Waals surface area (Å²) in [5, 5.41) is 13.8. The van der Waals surface area contributed by atoms with Gasteiger partial charge in [-0.25, -0.2) is 9.18 Å². The molecule has 3 rings (SSSR count). The monoisotopic (exact) mass is 455 g/mol. The molecule has 0 radical (unpaired) electrons. The first-order valence-electron chi connectivity index (χ1n) is 10.2. The minimum Gasteiger partial charge on any atom is -0.307 e. The third-order valence-electron chi connectivity index (χ3n) is 4.82. The molecule has 9 heteroatoms. The van der Waals surface area contributed by atoms with E-state index in [9.17, 15) is 14.0 Å². The van der Waals surface area contributed by atoms with Crippen LogP contribution in [0.4, 0.5) is 14.9 Å². The smallest absolute Gasteiger partial charge is 0.307 e. The number of amides is 3. The van der Waals surface area contributed by atoms with E-state index >= 15 is 0 Å². The number of urea groups is 1. The summed E-state index contributed by atoms with van der Waals surface area (Å²) >= 11 is 1.15. The summed E-state index contributed by atoms with van der Waals surface area (Å²) in [5.74, 6) is -0.222. The third-order valence-corrected chi connectivity index (χ3v) is 5.78. The van der Waals surface area contributed by atoms with Crippen LogP contribution >= 0.6 is 11.8 Å². The van der Waals surface area contributed by atoms with Gasteiger partial charge in [-0.15, -0.1) is 10.2 Å². The molecule has 168 valence electrons. The summed E-state index contributed by atoms with van der Waals surface area (Å²) in [6.07, 6.45) is 0. The van der Waals surface area contributed by atoms with E-state index in [1.165, 1.54) is 6.07 Å². The second-order valence-electron chi connectivity index (χ2n) is 7.83. The molecule has 0 atom stereocenters. The SMILES string of the molecule is Cc1cccc(NC(=O)NC(=O)CSc2nnc(-c3ccccc3F)n2CC(C)C)c1C. The van der Waals surface area contributed by atoms with E-state index in [4.69, 9.17) is 0 Å². The summed E-state index contributed by atoms with van der Waals surface area (Å²) in [7, 11) is 0. The Hall–Kier alpha value is -3.20. The zero-order valence-electron chi connectivity index (χ0n) is 18.5. The molecule has 0 aliphatic rings. The van der Waals surface area contributed by atoms with Gasteiger partial charge in [0, 0.05) is 12.2 Å². The highest BCUT2D eigenvalue weighted by Crippen LogP contribution is 2.27. The normalized spacial score (nSPS) is 10.9. The Labute approximate surface area is 190 Å². The fourth-order valence-corrected chi connectivity index (χ4v) is 3.85. The molecule has 3 amide bonds. The van der Waals surface area contributed by atoms with Gasteiger partial charge >= 0.3 is 6.03 Å². The molecule has 0 fully saturated rings. The van der Waals surface area contributed by atoms with E-state index in [1.807, 2.05) is 39.8 Å². The molecule has 0 spiro atoms. The minimum absolute atomic E-state index is 0.0340. The van der Waals surface area contributed by atoms with Crippen LogP contribution in [0.25, 0.3) is 11.4 Å². The van der Waals surface area contributed by atoms with Gasteiger partial charge in [0.15, 0.2) is 11.0 Å². The number of anilines is 1. The lowest BCUT2D eigenvalue weighted by Crippen LogP contribution is -2.35. The van der Waals surface area contributed by atoms with Crippen LogP contribution in [-0.2, 0) is 11.3 Å². The first-order chi connectivity index (χ1) is 15.3. The Bertz CT molecular complexity index is 1130. The van der Waals surface area contributed by atoms with Crippen LogP contribution in [0, 0.1) is 25.6 Å². The Kier molecular flexibility index (Phi) is 7.63. The fourth-order valence-electron chi connectivity index (χ4n) is 3.10. The van der Waals surface area contributed by atoms with Crippen molar-refractivity contribution in [3.63, 3.8) is 0 Å². The molecule has 7 nitrogen and oxygen atoms in total. The van der Waals surface area contributed by atoms with Gasteiger partial charge in [0.25, 0.3) is 0 Å². The lowest BCUT2D eigenvalue weighted by molar-refractivity contribution is -0.117. The van der Waals surface area contributed by atoms with Crippen LogP contribution in [0.5, 0.6) is 0 Å². The first-order valence-corrected chi connectivity index (χ1v) is 11.2. The number of hydrogen-bond acceptors (Lipinski definition) is 5. The minimum atomic E-state index is -0.597. The number of benzene rings is 2. The Balaban J connectivity index is 1.67. The van der Waals surface area contributed by atoms with Gasteiger partial charge in [-0.2, -0.15) is 0 Å². The number of nitrogens with zero attached hydrogens (tertiary/aromatic N) is 3. The molecule has 2 N–H and O–H groups in total. The molecule has 3 aromatic rings. The predicted octanol–water partition coefficient (Wildman–Crippen LogP) is 4.80. The van der Waals surface area contributed by atoms with Crippen molar-refractivity contribution in [1.82, 2.24) is 20.1 Å². The lowest BCUT2D eigenvalue weighted by atomic mass is 10.1. The number of imide groups is 1. The van der Waals surface area contributed by atoms with Crippen LogP contribution in [-0.4, -0.2) is 32.5 Å². The van der Waals surface area contributed by atoms with Crippen molar-refractivity contribution in [2.45, 2.75) is 39.4 Å². The molecule has 0 bridgehead atoms. The topological polar surface area (TPSA) is 88.9 Å². The van der Waals surface area contributed by atoms with Crippen molar-refractivity contribution in [1.29, 1.82) is 0 Å². The van der Waals surface area contributed by atoms with Crippen LogP contribution in [0.1, 0.15) is 25.0 Å². The number of aryl methyl sites for hydroxylation is 1. The Morgan fingerprint density at radius 3 is 2.56 bits per heavy atom. The first kappa shape index (κ1) is 23.5. The number of carbonyl (C=O) groups is 2. The summed E-state index contributed by atoms with van der Waals surface area (Å²) in [6, 6.07) is 11.3. The summed E-state index contributed by atoms with van der Waals surface area (Å²) in [6.45, 7) is 8.47. The highest BCUT2D eigenvalue weighted by atomic mass is 32.2. The quantitative estimate of drug-likeness (QED) is 0.500. The van der Waals surface area contributed by atoms with Crippen molar-refractivity contribution in [3.05, 3.63) is 59.4 Å². The highest BCUT2D eigenvalue weighted by molar-refractivity contribution is 7.99. The maximum absolute atomic E-state index is 14.3. The number of thioether (sulfide) groups is 1. The zero-order chi connectivity index (χ0) is 23.3. The Morgan fingerprint density at radius 1 is 1.09 bits per heavy atom. The average molecular weight is 456 g/mol. The van der Waals surface area contributed by atoms with E-state index < -0.39 is 11.9 Å². The summed E-state index contributed by atoms with van der Waals surface area (Å²) in [4.78, 5) is 24.5. The van der Waals surface area contributed by atoms with Crippen molar-refractivity contribution in [3.8, 4) is 11.4 Å². The third kappa shape index (κ3) is 5.73. The highest BCUT2D eigenvalue weighted by Gasteiger charge is 2.19. The average Bonchev–Trinajstić information content (AvgIpc) is 3.12. The van der Waals surface area contributed by atoms with Gasteiger partial charge < -0.3 is 9.88 Å². The molecule has 32 heavy (non-hydrogen) atoms. The molecular formula is C23H26FN5O2S. The van der Waals surface area contributed by atoms with Crippen LogP contribution in [0.15, 0.2) is 47.6 Å². The largest absolute Gasteiger partial charge is 0.325 e. The predicted molar refractivity (Wildman–Crippen MR) is 124 cm³/mol. The molecular weight excluding hydrogens is 429 g/mol. The van der Waals surface area contributed by atoms with Gasteiger partial charge in [0.1, 0.15) is 5.82 Å². The van der Waals surface area contributed by atoms with Crippen LogP contribution < -0.4 is 10.6 Å². The molecule has 0 aliphatic carbocycles. The van der Waals surface area contributed by atoms with Crippen molar-refractivity contribution < 1.29 is 14.0 Å². The van der Waals surface area contributed by atoms with Crippen molar-refractivity contribution >= 4 is 29.4 Å².